The van der Waals surface area contributed by atoms with E-state index in [-0.39, 0.29) is 24.4 Å². The lowest BCUT2D eigenvalue weighted by Gasteiger charge is -2.30. The number of hydrogen-bond acceptors (Lipinski definition) is 7. The van der Waals surface area contributed by atoms with Gasteiger partial charge in [-0.05, 0) is 31.2 Å². The van der Waals surface area contributed by atoms with Crippen LogP contribution >= 0.6 is 23.7 Å². The summed E-state index contributed by atoms with van der Waals surface area (Å²) in [6, 6.07) is 0.0134. The van der Waals surface area contributed by atoms with E-state index in [1.807, 2.05) is 6.92 Å². The molecular weight excluding hydrogens is 400 g/mol. The van der Waals surface area contributed by atoms with Crippen molar-refractivity contribution in [1.82, 2.24) is 15.3 Å². The molecule has 0 aromatic carbocycles. The molecule has 1 saturated carbocycles. The maximum Gasteiger partial charge on any atom is 0.261 e. The van der Waals surface area contributed by atoms with Gasteiger partial charge in [0.05, 0.1) is 17.4 Å². The molecule has 0 saturated heterocycles. The summed E-state index contributed by atoms with van der Waals surface area (Å²) in [5, 5.41) is 3.95. The number of fused-ring (bicyclic) bond motifs is 1. The molecule has 1 amide bonds. The van der Waals surface area contributed by atoms with Crippen molar-refractivity contribution in [3.63, 3.8) is 0 Å². The van der Waals surface area contributed by atoms with Gasteiger partial charge in [0.1, 0.15) is 11.4 Å². The molecule has 0 spiro atoms. The molecule has 3 rings (SSSR count). The quantitative estimate of drug-likeness (QED) is 0.702. The Morgan fingerprint density at radius 2 is 2.00 bits per heavy atom. The predicted octanol–water partition coefficient (Wildman–Crippen LogP) is 3.21. The molecule has 7 nitrogen and oxygen atoms in total. The van der Waals surface area contributed by atoms with Crippen molar-refractivity contribution in [2.24, 2.45) is 11.7 Å². The molecular formula is C19H29ClN4O3S. The first-order valence-corrected chi connectivity index (χ1v) is 10.2. The number of aromatic nitrogens is 2. The third-order valence-electron chi connectivity index (χ3n) is 5.27. The normalized spacial score (nSPS) is 15.9. The highest BCUT2D eigenvalue weighted by Gasteiger charge is 2.27. The summed E-state index contributed by atoms with van der Waals surface area (Å²) in [5.74, 6) is 1.39. The van der Waals surface area contributed by atoms with Gasteiger partial charge in [-0.1, -0.05) is 19.3 Å². The van der Waals surface area contributed by atoms with Gasteiger partial charge in [0.25, 0.3) is 5.91 Å². The lowest BCUT2D eigenvalue weighted by atomic mass is 9.84. The Hall–Kier alpha value is -1.48. The topological polar surface area (TPSA) is 99.4 Å². The maximum absolute atomic E-state index is 13.0. The zero-order valence-corrected chi connectivity index (χ0v) is 18.3. The second kappa shape index (κ2) is 10.3. The molecule has 9 heteroatoms. The van der Waals surface area contributed by atoms with Gasteiger partial charge < -0.3 is 20.5 Å². The van der Waals surface area contributed by atoms with E-state index in [1.165, 1.54) is 30.6 Å². The van der Waals surface area contributed by atoms with Crippen LogP contribution in [0.1, 0.15) is 53.2 Å². The van der Waals surface area contributed by atoms with Gasteiger partial charge >= 0.3 is 0 Å². The molecule has 0 aliphatic heterocycles. The van der Waals surface area contributed by atoms with Crippen LogP contribution in [0.4, 0.5) is 0 Å². The Labute approximate surface area is 175 Å². The Bertz CT molecular complexity index is 808. The Morgan fingerprint density at radius 3 is 2.61 bits per heavy atom. The van der Waals surface area contributed by atoms with Crippen molar-refractivity contribution in [2.45, 2.75) is 51.7 Å². The summed E-state index contributed by atoms with van der Waals surface area (Å²) in [7, 11) is 3.17. The van der Waals surface area contributed by atoms with Crippen LogP contribution < -0.4 is 15.8 Å². The van der Waals surface area contributed by atoms with Gasteiger partial charge in [-0.25, -0.2) is 4.98 Å². The SMILES string of the molecule is COCc1nc(OC)c2c(C)c(C(=O)NC(CN)C3CCCCC3)sc2n1.Cl. The molecule has 0 radical (unpaired) electrons. The Kier molecular flexibility index (Phi) is 8.42. The number of nitrogens with one attached hydrogen (secondary N) is 1. The van der Waals surface area contributed by atoms with E-state index in [0.29, 0.717) is 35.7 Å². The molecule has 1 aliphatic rings. The summed E-state index contributed by atoms with van der Waals surface area (Å²) < 4.78 is 10.6. The number of aryl methyl sites for hydroxylation is 1. The summed E-state index contributed by atoms with van der Waals surface area (Å²) in [5.41, 5.74) is 6.81. The van der Waals surface area contributed by atoms with Crippen LogP contribution in [0.15, 0.2) is 0 Å². The van der Waals surface area contributed by atoms with Crippen molar-refractivity contribution in [2.75, 3.05) is 20.8 Å². The molecule has 3 N–H and O–H groups in total. The first kappa shape index (κ1) is 22.8. The molecule has 156 valence electrons. The van der Waals surface area contributed by atoms with Gasteiger partial charge in [0.2, 0.25) is 5.88 Å². The molecule has 1 unspecified atom stereocenters. The molecule has 28 heavy (non-hydrogen) atoms. The molecule has 2 aromatic heterocycles. The monoisotopic (exact) mass is 428 g/mol. The number of amides is 1. The average Bonchev–Trinajstić information content (AvgIpc) is 3.03. The second-order valence-electron chi connectivity index (χ2n) is 7.03. The fourth-order valence-corrected chi connectivity index (χ4v) is 4.94. The number of rotatable bonds is 7. The summed E-state index contributed by atoms with van der Waals surface area (Å²) >= 11 is 1.36. The predicted molar refractivity (Wildman–Crippen MR) is 114 cm³/mol. The molecule has 0 bridgehead atoms. The Morgan fingerprint density at radius 1 is 1.29 bits per heavy atom. The number of ether oxygens (including phenoxy) is 2. The van der Waals surface area contributed by atoms with E-state index in [2.05, 4.69) is 15.3 Å². The van der Waals surface area contributed by atoms with Gasteiger partial charge in [-0.3, -0.25) is 4.79 Å². The standard InChI is InChI=1S/C19H28N4O3S.ClH/c1-11-15-18(26-3)22-14(10-25-2)23-19(15)27-16(11)17(24)21-13(9-20)12-7-5-4-6-8-12;/h12-13H,4-10,20H2,1-3H3,(H,21,24);1H. The molecule has 2 heterocycles. The van der Waals surface area contributed by atoms with E-state index in [0.717, 1.165) is 28.6 Å². The minimum absolute atomic E-state index is 0. The van der Waals surface area contributed by atoms with E-state index in [1.54, 1.807) is 14.2 Å². The number of halogens is 1. The zero-order valence-electron chi connectivity index (χ0n) is 16.6. The van der Waals surface area contributed by atoms with Crippen LogP contribution in [0.2, 0.25) is 0 Å². The van der Waals surface area contributed by atoms with E-state index < -0.39 is 0 Å². The molecule has 1 aliphatic carbocycles. The van der Waals surface area contributed by atoms with Crippen molar-refractivity contribution in [1.29, 1.82) is 0 Å². The largest absolute Gasteiger partial charge is 0.480 e. The minimum atomic E-state index is -0.0909. The fraction of sp³-hybridized carbons (Fsp3) is 0.632. The fourth-order valence-electron chi connectivity index (χ4n) is 3.84. The highest BCUT2D eigenvalue weighted by atomic mass is 35.5. The number of thiophene rings is 1. The van der Waals surface area contributed by atoms with E-state index in [9.17, 15) is 4.79 Å². The highest BCUT2D eigenvalue weighted by Crippen LogP contribution is 2.35. The van der Waals surface area contributed by atoms with Gasteiger partial charge in [0, 0.05) is 19.7 Å². The number of hydrogen-bond donors (Lipinski definition) is 2. The second-order valence-corrected chi connectivity index (χ2v) is 8.03. The van der Waals surface area contributed by atoms with Gasteiger partial charge in [-0.15, -0.1) is 23.7 Å². The molecule has 1 fully saturated rings. The van der Waals surface area contributed by atoms with Crippen molar-refractivity contribution in [3.8, 4) is 5.88 Å². The third kappa shape index (κ3) is 4.74. The number of nitrogens with two attached hydrogens (primary N) is 1. The number of carbonyl (C=O) groups is 1. The summed E-state index contributed by atoms with van der Waals surface area (Å²) in [4.78, 5) is 23.3. The van der Waals surface area contributed by atoms with Crippen LogP contribution in [0, 0.1) is 12.8 Å². The number of methoxy groups -OCH3 is 2. The van der Waals surface area contributed by atoms with Crippen LogP contribution in [0.25, 0.3) is 10.2 Å². The van der Waals surface area contributed by atoms with Crippen LogP contribution in [0.5, 0.6) is 5.88 Å². The van der Waals surface area contributed by atoms with Crippen LogP contribution in [-0.2, 0) is 11.3 Å². The molecule has 1 atom stereocenters. The third-order valence-corrected chi connectivity index (χ3v) is 6.45. The lowest BCUT2D eigenvalue weighted by Crippen LogP contribution is -2.45. The van der Waals surface area contributed by atoms with Crippen LogP contribution in [0.3, 0.4) is 0 Å². The number of nitrogens with zero attached hydrogens (tertiary/aromatic N) is 2. The van der Waals surface area contributed by atoms with E-state index >= 15 is 0 Å². The zero-order chi connectivity index (χ0) is 19.4. The van der Waals surface area contributed by atoms with Gasteiger partial charge in [-0.2, -0.15) is 4.98 Å². The first-order valence-electron chi connectivity index (χ1n) is 9.42. The minimum Gasteiger partial charge on any atom is -0.480 e. The highest BCUT2D eigenvalue weighted by molar-refractivity contribution is 7.20. The lowest BCUT2D eigenvalue weighted by molar-refractivity contribution is 0.0919. The van der Waals surface area contributed by atoms with Crippen molar-refractivity contribution in [3.05, 3.63) is 16.3 Å². The number of carbonyl (C=O) groups excluding carboxylic acids is 1. The average molecular weight is 429 g/mol. The molecule has 2 aromatic rings. The maximum atomic E-state index is 13.0. The smallest absolute Gasteiger partial charge is 0.261 e. The summed E-state index contributed by atoms with van der Waals surface area (Å²) in [6.07, 6.45) is 5.97. The summed E-state index contributed by atoms with van der Waals surface area (Å²) in [6.45, 7) is 2.66. The van der Waals surface area contributed by atoms with Crippen LogP contribution in [-0.4, -0.2) is 42.7 Å². The first-order chi connectivity index (χ1) is 13.1. The van der Waals surface area contributed by atoms with Gasteiger partial charge in [0.15, 0.2) is 5.82 Å². The van der Waals surface area contributed by atoms with Crippen molar-refractivity contribution >= 4 is 39.9 Å². The van der Waals surface area contributed by atoms with E-state index in [4.69, 9.17) is 15.2 Å². The van der Waals surface area contributed by atoms with Crippen molar-refractivity contribution < 1.29 is 14.3 Å². The Balaban J connectivity index is 0.00000280.